The van der Waals surface area contributed by atoms with Crippen molar-refractivity contribution in [3.8, 4) is 0 Å². The maximum Gasteiger partial charge on any atom is 0.366 e. The normalized spacial score (nSPS) is 22.8. The van der Waals surface area contributed by atoms with Gasteiger partial charge in [-0.25, -0.2) is 0 Å². The van der Waals surface area contributed by atoms with Crippen molar-refractivity contribution in [1.29, 1.82) is 0 Å². The molecule has 2 aromatic carbocycles. The van der Waals surface area contributed by atoms with Crippen LogP contribution in [-0.4, -0.2) is 62.1 Å². The molecule has 2 unspecified atom stereocenters. The van der Waals surface area contributed by atoms with Crippen molar-refractivity contribution >= 4 is 16.9 Å². The highest BCUT2D eigenvalue weighted by Gasteiger charge is 2.41. The lowest BCUT2D eigenvalue weighted by atomic mass is 9.93. The third-order valence-electron chi connectivity index (χ3n) is 7.61. The van der Waals surface area contributed by atoms with Gasteiger partial charge in [0.25, 0.3) is 5.56 Å². The molecule has 1 fully saturated rings. The second kappa shape index (κ2) is 10.1. The van der Waals surface area contributed by atoms with E-state index in [1.54, 1.807) is 14.2 Å². The molecule has 8 nitrogen and oxygen atoms in total. The van der Waals surface area contributed by atoms with Crippen LogP contribution in [0.3, 0.4) is 0 Å². The van der Waals surface area contributed by atoms with Crippen molar-refractivity contribution in [1.82, 2.24) is 24.6 Å². The summed E-state index contributed by atoms with van der Waals surface area (Å²) in [4.78, 5) is 27.3. The lowest BCUT2D eigenvalue weighted by molar-refractivity contribution is 0.0823. The number of hydrogen-bond acceptors (Lipinski definition) is 6. The van der Waals surface area contributed by atoms with Gasteiger partial charge in [-0.3, -0.25) is 9.69 Å². The molecule has 0 aliphatic carbocycles. The maximum absolute atomic E-state index is 14.0. The highest BCUT2D eigenvalue weighted by Crippen LogP contribution is 2.34. The van der Waals surface area contributed by atoms with Gasteiger partial charge < -0.3 is 9.57 Å². The summed E-state index contributed by atoms with van der Waals surface area (Å²) < 4.78 is 7.06. The van der Waals surface area contributed by atoms with Crippen LogP contribution in [0.25, 0.3) is 10.9 Å². The second-order valence-corrected chi connectivity index (χ2v) is 9.70. The van der Waals surface area contributed by atoms with Gasteiger partial charge in [0.1, 0.15) is 20.2 Å². The molecule has 186 valence electrons. The average Bonchev–Trinajstić information content (AvgIpc) is 2.88. The number of rotatable bonds is 7. The Morgan fingerprint density at radius 2 is 1.94 bits per heavy atom. The smallest absolute Gasteiger partial charge is 0.366 e. The Morgan fingerprint density at radius 1 is 1.11 bits per heavy atom. The van der Waals surface area contributed by atoms with E-state index >= 15 is 0 Å². The molecule has 2 atom stereocenters. The summed E-state index contributed by atoms with van der Waals surface area (Å²) in [5.41, 5.74) is 7.85. The third-order valence-corrected chi connectivity index (χ3v) is 7.61. The Bertz CT molecular complexity index is 1260. The highest BCUT2D eigenvalue weighted by atomic mass is 16.7. The zero-order valence-corrected chi connectivity index (χ0v) is 21.0. The number of fused-ring (bicyclic) bond motifs is 2. The van der Waals surface area contributed by atoms with Gasteiger partial charge in [-0.05, 0) is 43.6 Å². The van der Waals surface area contributed by atoms with Crippen LogP contribution < -0.4 is 20.4 Å². The number of benzene rings is 2. The molecule has 2 aliphatic heterocycles. The number of hydrogen-bond donors (Lipinski definition) is 1. The van der Waals surface area contributed by atoms with Crippen molar-refractivity contribution in [3.63, 3.8) is 0 Å². The molecule has 0 radical (unpaired) electrons. The van der Waals surface area contributed by atoms with E-state index in [1.807, 2.05) is 12.1 Å². The van der Waals surface area contributed by atoms with Crippen molar-refractivity contribution in [2.24, 2.45) is 0 Å². The fraction of sp³-hybridized carbons (Fsp3) is 0.481. The van der Waals surface area contributed by atoms with Crippen molar-refractivity contribution in [2.75, 3.05) is 47.5 Å². The minimum Gasteiger partial charge on any atom is -0.408 e. The van der Waals surface area contributed by atoms with Crippen molar-refractivity contribution < 1.29 is 9.57 Å². The van der Waals surface area contributed by atoms with Gasteiger partial charge in [0.15, 0.2) is 0 Å². The molecule has 3 aromatic rings. The molecule has 5 rings (SSSR count). The van der Waals surface area contributed by atoms with E-state index in [0.717, 1.165) is 43.4 Å². The molecule has 1 N–H and O–H groups in total. The molecule has 3 heterocycles. The standard InChI is InChI=1S/C27H36N5O3/c1-30-16-7-6-13-24(30)22-11-8-12-23-25(22)26(33)31(35-3)27(29-23)32(28-15-18-34-2)17-14-20-9-4-5-10-21(20)19-32/h4-5,8-12,24,28H,6-7,13-19H2,1-3H3/q+1. The molecule has 0 amide bonds. The minimum atomic E-state index is -0.146. The van der Waals surface area contributed by atoms with Gasteiger partial charge in [-0.15, -0.1) is 0 Å². The molecule has 0 saturated carbocycles. The molecular weight excluding hydrogens is 442 g/mol. The Morgan fingerprint density at radius 3 is 2.71 bits per heavy atom. The second-order valence-electron chi connectivity index (χ2n) is 9.70. The SMILES string of the molecule is COCCN[N+]1(c2nc3cccc(C4CCCCN4C)c3c(=O)n2OC)CCc2ccccc2C1. The first-order valence-electron chi connectivity index (χ1n) is 12.6. The van der Waals surface area contributed by atoms with Crippen molar-refractivity contribution in [2.45, 2.75) is 38.3 Å². The number of aromatic nitrogens is 2. The molecule has 1 saturated heterocycles. The summed E-state index contributed by atoms with van der Waals surface area (Å²) in [7, 11) is 5.39. The molecule has 35 heavy (non-hydrogen) atoms. The molecule has 8 heteroatoms. The first-order chi connectivity index (χ1) is 17.1. The van der Waals surface area contributed by atoms with Crippen LogP contribution >= 0.6 is 0 Å². The van der Waals surface area contributed by atoms with Crippen molar-refractivity contribution in [3.05, 3.63) is 69.5 Å². The third kappa shape index (κ3) is 4.36. The van der Waals surface area contributed by atoms with E-state index in [9.17, 15) is 4.79 Å². The van der Waals surface area contributed by atoms with Gasteiger partial charge in [0, 0.05) is 25.1 Å². The van der Waals surface area contributed by atoms with Gasteiger partial charge in [0.2, 0.25) is 0 Å². The summed E-state index contributed by atoms with van der Waals surface area (Å²) in [5, 5.41) is 0.657. The minimum absolute atomic E-state index is 0.146. The molecule has 0 bridgehead atoms. The van der Waals surface area contributed by atoms with E-state index in [0.29, 0.717) is 35.6 Å². The first-order valence-corrected chi connectivity index (χ1v) is 12.6. The Kier molecular flexibility index (Phi) is 6.88. The number of methoxy groups -OCH3 is 1. The maximum atomic E-state index is 14.0. The van der Waals surface area contributed by atoms with E-state index in [1.165, 1.54) is 22.3 Å². The van der Waals surface area contributed by atoms with E-state index in [-0.39, 0.29) is 11.6 Å². The number of nitrogens with zero attached hydrogens (tertiary/aromatic N) is 4. The number of nitrogens with one attached hydrogen (secondary N) is 1. The summed E-state index contributed by atoms with van der Waals surface area (Å²) in [5.74, 6) is 0.574. The molecule has 2 aliphatic rings. The number of ether oxygens (including phenoxy) is 1. The van der Waals surface area contributed by atoms with Gasteiger partial charge in [-0.1, -0.05) is 47.5 Å². The summed E-state index contributed by atoms with van der Waals surface area (Å²) >= 11 is 0. The zero-order valence-electron chi connectivity index (χ0n) is 21.0. The van der Waals surface area contributed by atoms with E-state index in [2.05, 4.69) is 47.7 Å². The van der Waals surface area contributed by atoms with Gasteiger partial charge >= 0.3 is 5.95 Å². The number of likely N-dealkylation sites (tertiary alicyclic amines) is 1. The average molecular weight is 479 g/mol. The van der Waals surface area contributed by atoms with Crippen LogP contribution in [0, 0.1) is 0 Å². The largest absolute Gasteiger partial charge is 0.408 e. The Labute approximate surface area is 206 Å². The van der Waals surface area contributed by atoms with Crippen LogP contribution in [0.2, 0.25) is 0 Å². The summed E-state index contributed by atoms with van der Waals surface area (Å²) in [6.07, 6.45) is 4.27. The number of piperidine rings is 1. The lowest BCUT2D eigenvalue weighted by Gasteiger charge is -2.40. The Hall–Kier alpha value is -2.78. The van der Waals surface area contributed by atoms with Crippen LogP contribution in [0.5, 0.6) is 0 Å². The summed E-state index contributed by atoms with van der Waals surface area (Å²) in [6.45, 7) is 3.65. The molecule has 0 spiro atoms. The zero-order chi connectivity index (χ0) is 24.4. The summed E-state index contributed by atoms with van der Waals surface area (Å²) in [6, 6.07) is 14.8. The van der Waals surface area contributed by atoms with Gasteiger partial charge in [-0.2, -0.15) is 15.0 Å². The quantitative estimate of drug-likeness (QED) is 0.416. The first kappa shape index (κ1) is 23.9. The van der Waals surface area contributed by atoms with E-state index < -0.39 is 0 Å². The van der Waals surface area contributed by atoms with Crippen LogP contribution in [0.1, 0.15) is 42.0 Å². The van der Waals surface area contributed by atoms with E-state index in [4.69, 9.17) is 14.6 Å². The fourth-order valence-electron chi connectivity index (χ4n) is 5.78. The number of quaternary nitrogens is 1. The Balaban J connectivity index is 1.67. The highest BCUT2D eigenvalue weighted by molar-refractivity contribution is 5.82. The van der Waals surface area contributed by atoms with Crippen LogP contribution in [-0.2, 0) is 17.7 Å². The predicted molar refractivity (Wildman–Crippen MR) is 138 cm³/mol. The van der Waals surface area contributed by atoms with Crippen LogP contribution in [0.15, 0.2) is 47.3 Å². The molecular formula is C27H36N5O3+. The topological polar surface area (TPSA) is 68.6 Å². The lowest BCUT2D eigenvalue weighted by Crippen LogP contribution is -2.64. The van der Waals surface area contributed by atoms with Crippen LogP contribution in [0.4, 0.5) is 5.95 Å². The predicted octanol–water partition coefficient (Wildman–Crippen LogP) is 2.83. The monoisotopic (exact) mass is 478 g/mol. The molecule has 1 aromatic heterocycles. The van der Waals surface area contributed by atoms with Gasteiger partial charge in [0.05, 0.1) is 24.1 Å². The fourth-order valence-corrected chi connectivity index (χ4v) is 5.78.